The third-order valence-electron chi connectivity index (χ3n) is 5.66. The molecule has 0 aromatic rings. The van der Waals surface area contributed by atoms with Crippen LogP contribution in [0, 0.1) is 22.7 Å². The van der Waals surface area contributed by atoms with Gasteiger partial charge in [0.1, 0.15) is 9.65 Å². The Morgan fingerprint density at radius 2 is 1.25 bits per heavy atom. The van der Waals surface area contributed by atoms with Crippen LogP contribution in [0.4, 0.5) is 0 Å². The van der Waals surface area contributed by atoms with Gasteiger partial charge in [0.15, 0.2) is 0 Å². The number of carboxylic acid groups (broad SMARTS) is 2. The molecule has 0 saturated heterocycles. The highest BCUT2D eigenvalue weighted by Crippen LogP contribution is 2.68. The highest BCUT2D eigenvalue weighted by Gasteiger charge is 2.63. The lowest BCUT2D eigenvalue weighted by molar-refractivity contribution is -0.156. The zero-order valence-corrected chi connectivity index (χ0v) is 14.2. The Hall–Kier alpha value is -0.100. The van der Waals surface area contributed by atoms with Crippen molar-refractivity contribution in [3.63, 3.8) is 0 Å². The lowest BCUT2D eigenvalue weighted by Gasteiger charge is -2.63. The first-order valence-electron chi connectivity index (χ1n) is 7.02. The zero-order valence-electron chi connectivity index (χ0n) is 11.0. The van der Waals surface area contributed by atoms with E-state index in [0.717, 1.165) is 32.1 Å². The van der Waals surface area contributed by atoms with Crippen LogP contribution < -0.4 is 0 Å². The Morgan fingerprint density at radius 1 is 0.900 bits per heavy atom. The van der Waals surface area contributed by atoms with E-state index in [9.17, 15) is 19.8 Å². The Kier molecular flexibility index (Phi) is 3.48. The fraction of sp³-hybridized carbons (Fsp3) is 0.857. The van der Waals surface area contributed by atoms with Crippen molar-refractivity contribution in [2.24, 2.45) is 22.7 Å². The van der Waals surface area contributed by atoms with Crippen LogP contribution in [-0.4, -0.2) is 31.8 Å². The van der Waals surface area contributed by atoms with Crippen LogP contribution in [-0.2, 0) is 9.59 Å². The normalized spacial score (nSPS) is 45.1. The molecule has 4 rings (SSSR count). The molecule has 0 aromatic heterocycles. The second-order valence-corrected chi connectivity index (χ2v) is 8.92. The number of halogens is 2. The first-order valence-corrected chi connectivity index (χ1v) is 8.85. The summed E-state index contributed by atoms with van der Waals surface area (Å²) in [5.41, 5.74) is -0.533. The number of alkyl halides is 2. The van der Waals surface area contributed by atoms with Crippen molar-refractivity contribution in [3.8, 4) is 0 Å². The molecule has 0 amide bonds. The fourth-order valence-corrected chi connectivity index (χ4v) is 6.59. The summed E-state index contributed by atoms with van der Waals surface area (Å²) >= 11 is 6.76. The quantitative estimate of drug-likeness (QED) is 0.698. The number of carbonyl (C=O) groups is 2. The van der Waals surface area contributed by atoms with Crippen LogP contribution in [0.3, 0.4) is 0 Å². The summed E-state index contributed by atoms with van der Waals surface area (Å²) < 4.78 is 0. The predicted molar refractivity (Wildman–Crippen MR) is 80.2 cm³/mol. The Morgan fingerprint density at radius 3 is 1.55 bits per heavy atom. The van der Waals surface area contributed by atoms with Crippen LogP contribution in [0.25, 0.3) is 0 Å². The van der Waals surface area contributed by atoms with Crippen molar-refractivity contribution in [1.29, 1.82) is 0 Å². The average molecular weight is 410 g/mol. The maximum atomic E-state index is 11.4. The van der Waals surface area contributed by atoms with Crippen molar-refractivity contribution in [1.82, 2.24) is 0 Å². The van der Waals surface area contributed by atoms with Crippen molar-refractivity contribution >= 4 is 43.8 Å². The average Bonchev–Trinajstić information content (AvgIpc) is 2.35. The number of hydrogen-bond donors (Lipinski definition) is 2. The summed E-state index contributed by atoms with van der Waals surface area (Å²) in [6.07, 6.45) is 5.54. The topological polar surface area (TPSA) is 74.6 Å². The van der Waals surface area contributed by atoms with Gasteiger partial charge < -0.3 is 10.2 Å². The van der Waals surface area contributed by atoms with Gasteiger partial charge in [-0.2, -0.15) is 0 Å². The molecule has 0 radical (unpaired) electrons. The van der Waals surface area contributed by atoms with Crippen molar-refractivity contribution in [2.45, 2.75) is 48.2 Å². The molecule has 4 aliphatic carbocycles. The van der Waals surface area contributed by atoms with Gasteiger partial charge in [0.2, 0.25) is 0 Å². The molecule has 2 atom stereocenters. The molecule has 6 heteroatoms. The molecule has 4 aliphatic rings. The van der Waals surface area contributed by atoms with Gasteiger partial charge in [-0.15, -0.1) is 0 Å². The van der Waals surface area contributed by atoms with Crippen molar-refractivity contribution in [2.75, 3.05) is 0 Å². The molecule has 4 bridgehead atoms. The molecule has 0 aliphatic heterocycles. The largest absolute Gasteiger partial charge is 0.480 e. The zero-order chi connectivity index (χ0) is 14.7. The minimum atomic E-state index is -0.816. The van der Waals surface area contributed by atoms with Gasteiger partial charge in [-0.05, 0) is 61.2 Å². The van der Waals surface area contributed by atoms with E-state index in [1.165, 1.54) is 0 Å². The van der Waals surface area contributed by atoms with E-state index in [0.29, 0.717) is 18.3 Å². The van der Waals surface area contributed by atoms with E-state index in [-0.39, 0.29) is 10.8 Å². The minimum Gasteiger partial charge on any atom is -0.480 e. The second kappa shape index (κ2) is 4.70. The van der Waals surface area contributed by atoms with Crippen LogP contribution in [0.2, 0.25) is 0 Å². The third-order valence-corrected chi connectivity index (χ3v) is 8.39. The SMILES string of the molecule is O=C(O)[C@@H](Br)C12CC3CC(C1)CC([C@H](Br)C(=O)O)(C3)C2. The van der Waals surface area contributed by atoms with Gasteiger partial charge >= 0.3 is 11.9 Å². The van der Waals surface area contributed by atoms with Gasteiger partial charge in [-0.3, -0.25) is 9.59 Å². The Balaban J connectivity index is 1.97. The molecule has 4 saturated carbocycles. The maximum Gasteiger partial charge on any atom is 0.317 e. The fourth-order valence-electron chi connectivity index (χ4n) is 5.52. The van der Waals surface area contributed by atoms with E-state index in [1.54, 1.807) is 0 Å². The van der Waals surface area contributed by atoms with Gasteiger partial charge in [0, 0.05) is 0 Å². The first kappa shape index (κ1) is 14.8. The molecular weight excluding hydrogens is 392 g/mol. The Labute approximate surface area is 134 Å². The lowest BCUT2D eigenvalue weighted by Crippen LogP contribution is -2.59. The summed E-state index contributed by atoms with van der Waals surface area (Å²) in [7, 11) is 0. The summed E-state index contributed by atoms with van der Waals surface area (Å²) in [6, 6.07) is 0. The highest BCUT2D eigenvalue weighted by atomic mass is 79.9. The molecule has 4 fully saturated rings. The molecule has 112 valence electrons. The molecule has 0 spiro atoms. The summed E-state index contributed by atoms with van der Waals surface area (Å²) in [5.74, 6) is -0.669. The van der Waals surface area contributed by atoms with Crippen molar-refractivity contribution < 1.29 is 19.8 Å². The molecule has 0 heterocycles. The summed E-state index contributed by atoms with van der Waals surface area (Å²) in [4.78, 5) is 21.8. The summed E-state index contributed by atoms with van der Waals surface area (Å²) in [6.45, 7) is 0. The maximum absolute atomic E-state index is 11.4. The monoisotopic (exact) mass is 408 g/mol. The molecule has 20 heavy (non-hydrogen) atoms. The van der Waals surface area contributed by atoms with Crippen LogP contribution in [0.1, 0.15) is 38.5 Å². The number of rotatable bonds is 4. The van der Waals surface area contributed by atoms with E-state index in [4.69, 9.17) is 0 Å². The van der Waals surface area contributed by atoms with E-state index >= 15 is 0 Å². The first-order chi connectivity index (χ1) is 9.28. The number of aliphatic carboxylic acids is 2. The second-order valence-electron chi connectivity index (χ2n) is 7.09. The summed E-state index contributed by atoms with van der Waals surface area (Å²) in [5, 5.41) is 18.8. The van der Waals surface area contributed by atoms with E-state index in [2.05, 4.69) is 31.9 Å². The van der Waals surface area contributed by atoms with Crippen LogP contribution in [0.15, 0.2) is 0 Å². The van der Waals surface area contributed by atoms with Gasteiger partial charge in [0.25, 0.3) is 0 Å². The molecule has 4 nitrogen and oxygen atoms in total. The number of hydrogen-bond acceptors (Lipinski definition) is 2. The molecule has 2 N–H and O–H groups in total. The van der Waals surface area contributed by atoms with Crippen LogP contribution >= 0.6 is 31.9 Å². The Bertz CT molecular complexity index is 412. The highest BCUT2D eigenvalue weighted by molar-refractivity contribution is 9.10. The van der Waals surface area contributed by atoms with Crippen LogP contribution in [0.5, 0.6) is 0 Å². The van der Waals surface area contributed by atoms with Gasteiger partial charge in [0.05, 0.1) is 0 Å². The van der Waals surface area contributed by atoms with E-state index < -0.39 is 21.6 Å². The molecule has 0 unspecified atom stereocenters. The number of carboxylic acids is 2. The third kappa shape index (κ3) is 2.05. The van der Waals surface area contributed by atoms with Crippen molar-refractivity contribution in [3.05, 3.63) is 0 Å². The predicted octanol–water partition coefficient (Wildman–Crippen LogP) is 3.27. The molecule has 0 aromatic carbocycles. The lowest BCUT2D eigenvalue weighted by atomic mass is 9.43. The molecular formula is C14H18Br2O4. The van der Waals surface area contributed by atoms with E-state index in [1.807, 2.05) is 0 Å². The van der Waals surface area contributed by atoms with Gasteiger partial charge in [-0.25, -0.2) is 0 Å². The smallest absolute Gasteiger partial charge is 0.317 e. The van der Waals surface area contributed by atoms with Gasteiger partial charge in [-0.1, -0.05) is 31.9 Å². The standard InChI is InChI=1S/C14H18Br2O4/c15-9(11(17)18)13-2-7-1-8(4-13)5-14(3-7,6-13)10(16)12(19)20/h7-10H,1-6H2,(H,17,18)(H,19,20)/t7?,8?,9-,10-,13?,14?/m1/s1. The minimum absolute atomic E-state index is 0.266.